The molecule has 0 spiro atoms. The Morgan fingerprint density at radius 1 is 0.702 bits per heavy atom. The number of esters is 1. The van der Waals surface area contributed by atoms with Crippen molar-refractivity contribution in [3.8, 4) is 23.0 Å². The third kappa shape index (κ3) is 7.96. The predicted octanol–water partition coefficient (Wildman–Crippen LogP) is 6.15. The van der Waals surface area contributed by atoms with Crippen LogP contribution in [0, 0.1) is 0 Å². The number of rotatable bonds is 9. The third-order valence-corrected chi connectivity index (χ3v) is 8.68. The molecule has 2 aliphatic rings. The fourth-order valence-electron chi connectivity index (χ4n) is 6.08. The zero-order valence-electron chi connectivity index (χ0n) is 26.7. The van der Waals surface area contributed by atoms with Crippen molar-refractivity contribution < 1.29 is 28.5 Å². The highest BCUT2D eigenvalue weighted by atomic mass is 16.5. The number of ether oxygens (including phenoxy) is 4. The standard InChI is InChI=1S/C37H40N4O6/c1-44-30-17-13-29(14-18-30)39-21-23-40(24-22-39)34-26-41(37(43)38-28-7-6-10-33(25-28)45-2)20-19-35(34)47-36(42)27-11-15-32(16-12-27)46-31-8-4-3-5-9-31/h3-18,25,34-35H,19-24,26H2,1-2H3,(H,38,43)/t34-,35-/m1/s1. The van der Waals surface area contributed by atoms with E-state index < -0.39 is 5.97 Å². The van der Waals surface area contributed by atoms with E-state index in [2.05, 4.69) is 27.2 Å². The third-order valence-electron chi connectivity index (χ3n) is 8.68. The maximum atomic E-state index is 13.4. The molecule has 0 unspecified atom stereocenters. The van der Waals surface area contributed by atoms with Crippen molar-refractivity contribution >= 4 is 23.4 Å². The minimum Gasteiger partial charge on any atom is -0.497 e. The number of methoxy groups -OCH3 is 2. The number of likely N-dealkylation sites (tertiary alicyclic amines) is 1. The molecule has 0 saturated carbocycles. The highest BCUT2D eigenvalue weighted by Gasteiger charge is 2.39. The van der Waals surface area contributed by atoms with Crippen molar-refractivity contribution in [3.63, 3.8) is 0 Å². The Morgan fingerprint density at radius 2 is 1.36 bits per heavy atom. The maximum Gasteiger partial charge on any atom is 0.338 e. The van der Waals surface area contributed by atoms with Gasteiger partial charge in [0.05, 0.1) is 25.8 Å². The number of piperidine rings is 1. The largest absolute Gasteiger partial charge is 0.497 e. The second-order valence-corrected chi connectivity index (χ2v) is 11.6. The van der Waals surface area contributed by atoms with Gasteiger partial charge in [-0.25, -0.2) is 9.59 Å². The summed E-state index contributed by atoms with van der Waals surface area (Å²) >= 11 is 0. The molecule has 2 atom stereocenters. The average Bonchev–Trinajstić information content (AvgIpc) is 3.12. The molecule has 10 heteroatoms. The van der Waals surface area contributed by atoms with Gasteiger partial charge >= 0.3 is 12.0 Å². The minimum atomic E-state index is -0.391. The number of piperazine rings is 1. The van der Waals surface area contributed by atoms with Crippen LogP contribution in [0.3, 0.4) is 0 Å². The highest BCUT2D eigenvalue weighted by Crippen LogP contribution is 2.27. The Bertz CT molecular complexity index is 1630. The van der Waals surface area contributed by atoms with E-state index in [-0.39, 0.29) is 18.2 Å². The Morgan fingerprint density at radius 3 is 2.06 bits per heavy atom. The smallest absolute Gasteiger partial charge is 0.338 e. The number of hydrogen-bond acceptors (Lipinski definition) is 8. The number of benzene rings is 4. The van der Waals surface area contributed by atoms with Crippen molar-refractivity contribution in [2.45, 2.75) is 18.6 Å². The predicted molar refractivity (Wildman–Crippen MR) is 181 cm³/mol. The van der Waals surface area contributed by atoms with Gasteiger partial charge in [0.25, 0.3) is 0 Å². The molecule has 0 radical (unpaired) electrons. The highest BCUT2D eigenvalue weighted by molar-refractivity contribution is 5.90. The van der Waals surface area contributed by atoms with Crippen molar-refractivity contribution in [1.29, 1.82) is 0 Å². The molecule has 0 aliphatic carbocycles. The Balaban J connectivity index is 1.13. The molecule has 4 aromatic carbocycles. The number of nitrogens with one attached hydrogen (secondary N) is 1. The van der Waals surface area contributed by atoms with Crippen molar-refractivity contribution in [2.75, 3.05) is 63.7 Å². The summed E-state index contributed by atoms with van der Waals surface area (Å²) < 4.78 is 22.7. The fraction of sp³-hybridized carbons (Fsp3) is 0.297. The van der Waals surface area contributed by atoms with Crippen LogP contribution in [0.15, 0.2) is 103 Å². The van der Waals surface area contributed by atoms with Crippen molar-refractivity contribution in [1.82, 2.24) is 9.80 Å². The Kier molecular flexibility index (Phi) is 10.1. The number of carbonyl (C=O) groups is 2. The van der Waals surface area contributed by atoms with Crippen LogP contribution >= 0.6 is 0 Å². The molecule has 47 heavy (non-hydrogen) atoms. The molecular formula is C37H40N4O6. The van der Waals surface area contributed by atoms with Gasteiger partial charge in [-0.15, -0.1) is 0 Å². The first-order valence-corrected chi connectivity index (χ1v) is 15.9. The molecule has 0 bridgehead atoms. The molecule has 244 valence electrons. The number of para-hydroxylation sites is 1. The van der Waals surface area contributed by atoms with Gasteiger partial charge in [-0.05, 0) is 72.8 Å². The van der Waals surface area contributed by atoms with Crippen LogP contribution in [-0.4, -0.2) is 87.4 Å². The van der Waals surface area contributed by atoms with E-state index in [1.165, 1.54) is 0 Å². The number of anilines is 2. The van der Waals surface area contributed by atoms with Gasteiger partial charge in [0.15, 0.2) is 0 Å². The second-order valence-electron chi connectivity index (χ2n) is 11.6. The van der Waals surface area contributed by atoms with E-state index in [1.54, 1.807) is 49.5 Å². The summed E-state index contributed by atoms with van der Waals surface area (Å²) in [6.07, 6.45) is 0.145. The number of hydrogen-bond donors (Lipinski definition) is 1. The van der Waals surface area contributed by atoms with Crippen LogP contribution in [0.4, 0.5) is 16.2 Å². The molecule has 0 aromatic heterocycles. The van der Waals surface area contributed by atoms with E-state index >= 15 is 0 Å². The molecule has 2 saturated heterocycles. The van der Waals surface area contributed by atoms with Gasteiger partial charge in [0.1, 0.15) is 29.1 Å². The molecule has 6 rings (SSSR count). The minimum absolute atomic E-state index is 0.164. The van der Waals surface area contributed by atoms with Crippen LogP contribution in [0.1, 0.15) is 16.8 Å². The molecule has 4 aromatic rings. The maximum absolute atomic E-state index is 13.4. The number of carbonyl (C=O) groups excluding carboxylic acids is 2. The lowest BCUT2D eigenvalue weighted by Gasteiger charge is -2.46. The van der Waals surface area contributed by atoms with Crippen LogP contribution in [-0.2, 0) is 4.74 Å². The molecule has 1 N–H and O–H groups in total. The van der Waals surface area contributed by atoms with Crippen molar-refractivity contribution in [2.24, 2.45) is 0 Å². The summed E-state index contributed by atoms with van der Waals surface area (Å²) in [5, 5.41) is 3.00. The van der Waals surface area contributed by atoms with E-state index in [9.17, 15) is 9.59 Å². The van der Waals surface area contributed by atoms with Crippen molar-refractivity contribution in [3.05, 3.63) is 109 Å². The summed E-state index contributed by atoms with van der Waals surface area (Å²) in [6.45, 7) is 4.04. The molecule has 2 fully saturated rings. The topological polar surface area (TPSA) is 92.8 Å². The van der Waals surface area contributed by atoms with E-state index in [1.807, 2.05) is 60.7 Å². The molecule has 2 heterocycles. The molecule has 10 nitrogen and oxygen atoms in total. The van der Waals surface area contributed by atoms with E-state index in [0.717, 1.165) is 43.4 Å². The van der Waals surface area contributed by atoms with Crippen LogP contribution in [0.25, 0.3) is 0 Å². The van der Waals surface area contributed by atoms with Gasteiger partial charge in [0, 0.05) is 63.1 Å². The molecular weight excluding hydrogens is 596 g/mol. The van der Waals surface area contributed by atoms with Crippen LogP contribution in [0.2, 0.25) is 0 Å². The van der Waals surface area contributed by atoms with Crippen LogP contribution in [0.5, 0.6) is 23.0 Å². The van der Waals surface area contributed by atoms with Crippen LogP contribution < -0.4 is 24.4 Å². The van der Waals surface area contributed by atoms with E-state index in [4.69, 9.17) is 18.9 Å². The fourth-order valence-corrected chi connectivity index (χ4v) is 6.08. The number of nitrogens with zero attached hydrogens (tertiary/aromatic N) is 3. The van der Waals surface area contributed by atoms with Gasteiger partial charge in [0.2, 0.25) is 0 Å². The number of urea groups is 1. The van der Waals surface area contributed by atoms with E-state index in [0.29, 0.717) is 42.3 Å². The first kappa shape index (κ1) is 31.7. The zero-order chi connectivity index (χ0) is 32.6. The van der Waals surface area contributed by atoms with Gasteiger partial charge in [-0.2, -0.15) is 0 Å². The Hall–Kier alpha value is -5.22. The second kappa shape index (κ2) is 14.9. The van der Waals surface area contributed by atoms with Gasteiger partial charge in [-0.1, -0.05) is 24.3 Å². The SMILES string of the molecule is COc1ccc(N2CCN([C@@H]3CN(C(=O)Nc4cccc(OC)c4)CC[C@H]3OC(=O)c3ccc(Oc4ccccc4)cc3)CC2)cc1. The Labute approximate surface area is 275 Å². The first-order chi connectivity index (χ1) is 23.0. The normalized spacial score (nSPS) is 18.3. The van der Waals surface area contributed by atoms with Gasteiger partial charge < -0.3 is 34.1 Å². The first-order valence-electron chi connectivity index (χ1n) is 15.9. The molecule has 2 amide bonds. The summed E-state index contributed by atoms with van der Waals surface area (Å²) in [5.41, 5.74) is 2.25. The lowest BCUT2D eigenvalue weighted by molar-refractivity contribution is -0.0290. The summed E-state index contributed by atoms with van der Waals surface area (Å²) in [5.74, 6) is 2.46. The quantitative estimate of drug-likeness (QED) is 0.219. The summed E-state index contributed by atoms with van der Waals surface area (Å²) in [6, 6.07) is 31.5. The van der Waals surface area contributed by atoms with Gasteiger partial charge in [-0.3, -0.25) is 4.90 Å². The number of amides is 2. The lowest BCUT2D eigenvalue weighted by Crippen LogP contribution is -2.61. The lowest BCUT2D eigenvalue weighted by atomic mass is 9.99. The monoisotopic (exact) mass is 636 g/mol. The summed E-state index contributed by atoms with van der Waals surface area (Å²) in [7, 11) is 3.26. The molecule has 2 aliphatic heterocycles. The average molecular weight is 637 g/mol. The summed E-state index contributed by atoms with van der Waals surface area (Å²) in [4.78, 5) is 33.3. The zero-order valence-corrected chi connectivity index (χ0v) is 26.7.